The Balaban J connectivity index is 1.76. The lowest BCUT2D eigenvalue weighted by molar-refractivity contribution is -0.385. The highest BCUT2D eigenvalue weighted by molar-refractivity contribution is 5.51. The van der Waals surface area contributed by atoms with E-state index in [2.05, 4.69) is 10.6 Å². The number of rotatable bonds is 6. The molecule has 0 aliphatic heterocycles. The molecule has 21 heavy (non-hydrogen) atoms. The van der Waals surface area contributed by atoms with Crippen LogP contribution in [0.2, 0.25) is 0 Å². The zero-order valence-electron chi connectivity index (χ0n) is 12.1. The molecule has 1 aromatic rings. The van der Waals surface area contributed by atoms with Crippen LogP contribution in [0.15, 0.2) is 18.2 Å². The summed E-state index contributed by atoms with van der Waals surface area (Å²) in [6.45, 7) is 1.39. The van der Waals surface area contributed by atoms with Crippen LogP contribution in [0.1, 0.15) is 38.5 Å². The molecule has 0 amide bonds. The quantitative estimate of drug-likeness (QED) is 0.365. The van der Waals surface area contributed by atoms with Gasteiger partial charge < -0.3 is 10.6 Å². The number of non-ortho nitro benzene ring substituents is 1. The van der Waals surface area contributed by atoms with Crippen molar-refractivity contribution in [1.29, 1.82) is 0 Å². The molecule has 0 aromatic heterocycles. The lowest BCUT2D eigenvalue weighted by Gasteiger charge is -2.16. The third-order valence-electron chi connectivity index (χ3n) is 3.84. The van der Waals surface area contributed by atoms with E-state index in [1.165, 1.54) is 50.7 Å². The van der Waals surface area contributed by atoms with E-state index in [1.807, 2.05) is 0 Å². The standard InChI is InChI=1S/C15H22FN3O2/c16-12-9-14(11-15(10-12)19(20)21)18-8-7-17-13-5-3-1-2-4-6-13/h9-11,13,17-18H,1-8H2. The number of nitrogens with one attached hydrogen (secondary N) is 2. The molecule has 1 aliphatic rings. The zero-order chi connectivity index (χ0) is 15.1. The van der Waals surface area contributed by atoms with Gasteiger partial charge in [0, 0.05) is 30.9 Å². The van der Waals surface area contributed by atoms with E-state index < -0.39 is 10.7 Å². The minimum atomic E-state index is -0.594. The van der Waals surface area contributed by atoms with Gasteiger partial charge in [-0.15, -0.1) is 0 Å². The maximum absolute atomic E-state index is 13.3. The van der Waals surface area contributed by atoms with E-state index in [1.54, 1.807) is 0 Å². The summed E-state index contributed by atoms with van der Waals surface area (Å²) in [7, 11) is 0. The van der Waals surface area contributed by atoms with Gasteiger partial charge in [0.15, 0.2) is 0 Å². The summed E-state index contributed by atoms with van der Waals surface area (Å²) < 4.78 is 13.3. The minimum absolute atomic E-state index is 0.228. The van der Waals surface area contributed by atoms with Gasteiger partial charge in [0.1, 0.15) is 5.82 Å². The number of nitro groups is 1. The van der Waals surface area contributed by atoms with Gasteiger partial charge in [-0.1, -0.05) is 25.7 Å². The minimum Gasteiger partial charge on any atom is -0.383 e. The van der Waals surface area contributed by atoms with Crippen molar-refractivity contribution in [2.75, 3.05) is 18.4 Å². The van der Waals surface area contributed by atoms with Crippen LogP contribution in [-0.4, -0.2) is 24.1 Å². The first-order chi connectivity index (χ1) is 10.1. The highest BCUT2D eigenvalue weighted by Gasteiger charge is 2.11. The molecule has 0 atom stereocenters. The molecule has 5 nitrogen and oxygen atoms in total. The topological polar surface area (TPSA) is 67.2 Å². The van der Waals surface area contributed by atoms with Crippen molar-refractivity contribution in [3.8, 4) is 0 Å². The highest BCUT2D eigenvalue weighted by atomic mass is 19.1. The van der Waals surface area contributed by atoms with Crippen molar-refractivity contribution >= 4 is 11.4 Å². The van der Waals surface area contributed by atoms with Gasteiger partial charge in [-0.05, 0) is 18.9 Å². The Morgan fingerprint density at radius 3 is 2.52 bits per heavy atom. The predicted molar refractivity (Wildman–Crippen MR) is 81.0 cm³/mol. The van der Waals surface area contributed by atoms with E-state index in [4.69, 9.17) is 0 Å². The van der Waals surface area contributed by atoms with Gasteiger partial charge in [-0.2, -0.15) is 0 Å². The van der Waals surface area contributed by atoms with Crippen LogP contribution in [0.5, 0.6) is 0 Å². The van der Waals surface area contributed by atoms with Gasteiger partial charge in [-0.25, -0.2) is 4.39 Å². The molecule has 0 heterocycles. The van der Waals surface area contributed by atoms with E-state index in [-0.39, 0.29) is 5.69 Å². The van der Waals surface area contributed by atoms with Crippen LogP contribution < -0.4 is 10.6 Å². The van der Waals surface area contributed by atoms with E-state index in [9.17, 15) is 14.5 Å². The zero-order valence-corrected chi connectivity index (χ0v) is 12.1. The number of nitrogens with zero attached hydrogens (tertiary/aromatic N) is 1. The Labute approximate surface area is 124 Å². The molecule has 0 bridgehead atoms. The summed E-state index contributed by atoms with van der Waals surface area (Å²) in [4.78, 5) is 10.1. The van der Waals surface area contributed by atoms with Crippen molar-refractivity contribution in [1.82, 2.24) is 5.32 Å². The van der Waals surface area contributed by atoms with Crippen LogP contribution >= 0.6 is 0 Å². The first kappa shape index (κ1) is 15.7. The number of anilines is 1. The third kappa shape index (κ3) is 5.30. The molecule has 0 radical (unpaired) electrons. The number of hydrogen-bond acceptors (Lipinski definition) is 4. The number of benzene rings is 1. The van der Waals surface area contributed by atoms with Gasteiger partial charge >= 0.3 is 0 Å². The fourth-order valence-corrected chi connectivity index (χ4v) is 2.75. The third-order valence-corrected chi connectivity index (χ3v) is 3.84. The number of halogens is 1. The van der Waals surface area contributed by atoms with E-state index >= 15 is 0 Å². The summed E-state index contributed by atoms with van der Waals surface area (Å²) in [5.74, 6) is -0.594. The average molecular weight is 295 g/mol. The second-order valence-electron chi connectivity index (χ2n) is 5.52. The first-order valence-electron chi connectivity index (χ1n) is 7.57. The normalized spacial score (nSPS) is 16.4. The predicted octanol–water partition coefficient (Wildman–Crippen LogP) is 3.46. The SMILES string of the molecule is O=[N+]([O-])c1cc(F)cc(NCCNC2CCCCCC2)c1. The van der Waals surface area contributed by atoms with Crippen molar-refractivity contribution in [2.24, 2.45) is 0 Å². The lowest BCUT2D eigenvalue weighted by Crippen LogP contribution is -2.32. The molecule has 1 aliphatic carbocycles. The Bertz CT molecular complexity index is 474. The summed E-state index contributed by atoms with van der Waals surface area (Å²) in [5.41, 5.74) is 0.221. The molecule has 2 rings (SSSR count). The van der Waals surface area contributed by atoms with Crippen molar-refractivity contribution in [2.45, 2.75) is 44.6 Å². The van der Waals surface area contributed by atoms with Crippen LogP contribution in [0.4, 0.5) is 15.8 Å². The maximum atomic E-state index is 13.3. The second kappa shape index (κ2) is 7.93. The highest BCUT2D eigenvalue weighted by Crippen LogP contribution is 2.20. The summed E-state index contributed by atoms with van der Waals surface area (Å²) in [6.07, 6.45) is 7.63. The molecule has 1 saturated carbocycles. The summed E-state index contributed by atoms with van der Waals surface area (Å²) >= 11 is 0. The number of nitro benzene ring substituents is 1. The summed E-state index contributed by atoms with van der Waals surface area (Å²) in [6, 6.07) is 4.12. The molecular formula is C15H22FN3O2. The fraction of sp³-hybridized carbons (Fsp3) is 0.600. The van der Waals surface area contributed by atoms with Gasteiger partial charge in [-0.3, -0.25) is 10.1 Å². The van der Waals surface area contributed by atoms with Crippen LogP contribution in [-0.2, 0) is 0 Å². The largest absolute Gasteiger partial charge is 0.383 e. The van der Waals surface area contributed by atoms with Gasteiger partial charge in [0.2, 0.25) is 0 Å². The fourth-order valence-electron chi connectivity index (χ4n) is 2.75. The van der Waals surface area contributed by atoms with Crippen LogP contribution in [0.25, 0.3) is 0 Å². The first-order valence-corrected chi connectivity index (χ1v) is 7.57. The average Bonchev–Trinajstić information content (AvgIpc) is 2.71. The Kier molecular flexibility index (Phi) is 5.92. The smallest absolute Gasteiger partial charge is 0.274 e. The Morgan fingerprint density at radius 2 is 1.86 bits per heavy atom. The van der Waals surface area contributed by atoms with Gasteiger partial charge in [0.25, 0.3) is 5.69 Å². The molecule has 6 heteroatoms. The molecule has 0 unspecified atom stereocenters. The Hall–Kier alpha value is -1.69. The van der Waals surface area contributed by atoms with Gasteiger partial charge in [0.05, 0.1) is 11.0 Å². The molecule has 1 aromatic carbocycles. The molecule has 0 spiro atoms. The molecule has 1 fully saturated rings. The molecule has 2 N–H and O–H groups in total. The number of hydrogen-bond donors (Lipinski definition) is 2. The van der Waals surface area contributed by atoms with Crippen LogP contribution in [0.3, 0.4) is 0 Å². The molecule has 116 valence electrons. The molecule has 0 saturated heterocycles. The maximum Gasteiger partial charge on any atom is 0.274 e. The van der Waals surface area contributed by atoms with E-state index in [0.717, 1.165) is 12.6 Å². The monoisotopic (exact) mass is 295 g/mol. The Morgan fingerprint density at radius 1 is 1.14 bits per heavy atom. The van der Waals surface area contributed by atoms with Crippen LogP contribution in [0, 0.1) is 15.9 Å². The second-order valence-corrected chi connectivity index (χ2v) is 5.52. The lowest BCUT2D eigenvalue weighted by atomic mass is 10.1. The van der Waals surface area contributed by atoms with Crippen molar-refractivity contribution < 1.29 is 9.31 Å². The summed E-state index contributed by atoms with van der Waals surface area (Å²) in [5, 5.41) is 17.2. The molecular weight excluding hydrogens is 273 g/mol. The van der Waals surface area contributed by atoms with E-state index in [0.29, 0.717) is 18.3 Å². The van der Waals surface area contributed by atoms with Crippen molar-refractivity contribution in [3.63, 3.8) is 0 Å². The van der Waals surface area contributed by atoms with Crippen molar-refractivity contribution in [3.05, 3.63) is 34.1 Å².